The van der Waals surface area contributed by atoms with Crippen LogP contribution in [-0.4, -0.2) is 11.9 Å². The number of hydrogen-bond acceptors (Lipinski definition) is 1. The molecule has 0 amide bonds. The number of halogens is 2. The second-order valence-corrected chi connectivity index (χ2v) is 6.04. The minimum atomic E-state index is 0.621. The Hall–Kier alpha value is -0.210. The predicted molar refractivity (Wildman–Crippen MR) is 71.9 cm³/mol. The Kier molecular flexibility index (Phi) is 3.81. The molecule has 16 heavy (non-hydrogen) atoms. The molecule has 0 saturated heterocycles. The van der Waals surface area contributed by atoms with Crippen molar-refractivity contribution in [2.24, 2.45) is 5.92 Å². The van der Waals surface area contributed by atoms with E-state index < -0.39 is 0 Å². The van der Waals surface area contributed by atoms with Gasteiger partial charge in [0.15, 0.2) is 0 Å². The summed E-state index contributed by atoms with van der Waals surface area (Å²) in [6.07, 6.45) is 2.48. The zero-order chi connectivity index (χ0) is 11.7. The summed E-state index contributed by atoms with van der Waals surface area (Å²) in [6.45, 7) is 2.30. The van der Waals surface area contributed by atoms with E-state index in [4.69, 9.17) is 16.3 Å². The van der Waals surface area contributed by atoms with Crippen LogP contribution in [0.25, 0.3) is 0 Å². The first-order chi connectivity index (χ1) is 7.63. The average molecular weight is 304 g/mol. The maximum Gasteiger partial charge on any atom is 0.137 e. The summed E-state index contributed by atoms with van der Waals surface area (Å²) in [5.41, 5.74) is 1.34. The van der Waals surface area contributed by atoms with Gasteiger partial charge in [0.05, 0.1) is 12.1 Å². The number of methoxy groups -OCH3 is 1. The molecule has 3 atom stereocenters. The quantitative estimate of drug-likeness (QED) is 0.724. The highest BCUT2D eigenvalue weighted by atomic mass is 79.9. The Morgan fingerprint density at radius 1 is 1.38 bits per heavy atom. The van der Waals surface area contributed by atoms with Crippen LogP contribution in [0.2, 0.25) is 5.02 Å². The van der Waals surface area contributed by atoms with Gasteiger partial charge in [-0.15, -0.1) is 0 Å². The smallest absolute Gasteiger partial charge is 0.137 e. The average Bonchev–Trinajstić information content (AvgIpc) is 2.61. The van der Waals surface area contributed by atoms with Crippen LogP contribution >= 0.6 is 27.5 Å². The van der Waals surface area contributed by atoms with Gasteiger partial charge >= 0.3 is 0 Å². The van der Waals surface area contributed by atoms with Crippen molar-refractivity contribution < 1.29 is 4.74 Å². The van der Waals surface area contributed by atoms with Crippen molar-refractivity contribution in [3.05, 3.63) is 28.8 Å². The predicted octanol–water partition coefficient (Wildman–Crippen LogP) is 4.63. The Balaban J connectivity index is 2.27. The van der Waals surface area contributed by atoms with Gasteiger partial charge < -0.3 is 4.74 Å². The van der Waals surface area contributed by atoms with Crippen LogP contribution in [0.3, 0.4) is 0 Å². The fourth-order valence-electron chi connectivity index (χ4n) is 2.49. The van der Waals surface area contributed by atoms with Crippen molar-refractivity contribution in [2.45, 2.75) is 30.5 Å². The van der Waals surface area contributed by atoms with Crippen molar-refractivity contribution in [1.82, 2.24) is 0 Å². The topological polar surface area (TPSA) is 9.23 Å². The molecule has 0 aliphatic heterocycles. The van der Waals surface area contributed by atoms with Gasteiger partial charge in [-0.3, -0.25) is 0 Å². The third-order valence-corrected chi connectivity index (χ3v) is 5.17. The summed E-state index contributed by atoms with van der Waals surface area (Å²) in [5, 5.41) is 0.687. The third-order valence-electron chi connectivity index (χ3n) is 3.56. The van der Waals surface area contributed by atoms with E-state index in [1.165, 1.54) is 18.4 Å². The number of benzene rings is 1. The Morgan fingerprint density at radius 2 is 2.12 bits per heavy atom. The van der Waals surface area contributed by atoms with Crippen molar-refractivity contribution in [3.63, 3.8) is 0 Å². The number of hydrogen-bond donors (Lipinski definition) is 0. The monoisotopic (exact) mass is 302 g/mol. The Bertz CT molecular complexity index is 380. The third kappa shape index (κ3) is 2.23. The zero-order valence-corrected chi connectivity index (χ0v) is 11.9. The van der Waals surface area contributed by atoms with Crippen LogP contribution in [0.5, 0.6) is 5.75 Å². The maximum atomic E-state index is 6.03. The SMILES string of the molecule is COc1cc(C2CCC(Br)C2C)ccc1Cl. The first-order valence-electron chi connectivity index (χ1n) is 5.61. The summed E-state index contributed by atoms with van der Waals surface area (Å²) < 4.78 is 5.26. The van der Waals surface area contributed by atoms with E-state index in [2.05, 4.69) is 35.0 Å². The molecule has 1 aliphatic rings. The summed E-state index contributed by atoms with van der Waals surface area (Å²) in [5.74, 6) is 2.07. The molecule has 0 spiro atoms. The molecule has 1 nitrogen and oxygen atoms in total. The second kappa shape index (κ2) is 4.97. The fourth-order valence-corrected chi connectivity index (χ4v) is 3.32. The molecule has 1 aliphatic carbocycles. The van der Waals surface area contributed by atoms with Gasteiger partial charge in [0.1, 0.15) is 5.75 Å². The standard InChI is InChI=1S/C13H16BrClO/c1-8-10(4-5-11(8)14)9-3-6-12(15)13(7-9)16-2/h3,6-8,10-11H,4-5H2,1-2H3. The highest BCUT2D eigenvalue weighted by Crippen LogP contribution is 2.44. The molecule has 0 aromatic heterocycles. The highest BCUT2D eigenvalue weighted by Gasteiger charge is 2.32. The minimum absolute atomic E-state index is 0.621. The molecular weight excluding hydrogens is 287 g/mol. The molecule has 1 saturated carbocycles. The molecule has 88 valence electrons. The van der Waals surface area contributed by atoms with Gasteiger partial charge in [-0.2, -0.15) is 0 Å². The number of alkyl halides is 1. The molecule has 2 rings (SSSR count). The lowest BCUT2D eigenvalue weighted by molar-refractivity contribution is 0.413. The van der Waals surface area contributed by atoms with Gasteiger partial charge in [0, 0.05) is 4.83 Å². The van der Waals surface area contributed by atoms with E-state index in [1.807, 2.05) is 6.07 Å². The second-order valence-electron chi connectivity index (χ2n) is 4.45. The van der Waals surface area contributed by atoms with Crippen LogP contribution in [0.1, 0.15) is 31.2 Å². The lowest BCUT2D eigenvalue weighted by Crippen LogP contribution is -2.09. The van der Waals surface area contributed by atoms with E-state index in [9.17, 15) is 0 Å². The molecule has 1 aromatic rings. The van der Waals surface area contributed by atoms with E-state index in [0.717, 1.165) is 5.75 Å². The van der Waals surface area contributed by atoms with Crippen molar-refractivity contribution in [3.8, 4) is 5.75 Å². The van der Waals surface area contributed by atoms with Crippen LogP contribution in [0, 0.1) is 5.92 Å². The van der Waals surface area contributed by atoms with E-state index in [1.54, 1.807) is 7.11 Å². The van der Waals surface area contributed by atoms with Crippen LogP contribution in [0.15, 0.2) is 18.2 Å². The molecular formula is C13H16BrClO. The Labute approximate surface area is 110 Å². The molecule has 0 radical (unpaired) electrons. The first-order valence-corrected chi connectivity index (χ1v) is 6.90. The maximum absolute atomic E-state index is 6.03. The molecule has 3 unspecified atom stereocenters. The van der Waals surface area contributed by atoms with Crippen LogP contribution < -0.4 is 4.74 Å². The summed E-state index contributed by atoms with van der Waals surface area (Å²) in [4.78, 5) is 0.638. The molecule has 3 heteroatoms. The number of ether oxygens (including phenoxy) is 1. The lowest BCUT2D eigenvalue weighted by atomic mass is 9.90. The largest absolute Gasteiger partial charge is 0.495 e. The van der Waals surface area contributed by atoms with Crippen molar-refractivity contribution in [2.75, 3.05) is 7.11 Å². The van der Waals surface area contributed by atoms with Crippen molar-refractivity contribution >= 4 is 27.5 Å². The minimum Gasteiger partial charge on any atom is -0.495 e. The van der Waals surface area contributed by atoms with Gasteiger partial charge in [-0.05, 0) is 42.4 Å². The first kappa shape index (κ1) is 12.3. The van der Waals surface area contributed by atoms with E-state index >= 15 is 0 Å². The van der Waals surface area contributed by atoms with Gasteiger partial charge in [-0.1, -0.05) is 40.5 Å². The summed E-state index contributed by atoms with van der Waals surface area (Å²) in [7, 11) is 1.66. The molecule has 0 N–H and O–H groups in total. The van der Waals surface area contributed by atoms with Crippen LogP contribution in [-0.2, 0) is 0 Å². The molecule has 1 fully saturated rings. The van der Waals surface area contributed by atoms with E-state index in [-0.39, 0.29) is 0 Å². The number of rotatable bonds is 2. The van der Waals surface area contributed by atoms with Crippen LogP contribution in [0.4, 0.5) is 0 Å². The molecule has 0 heterocycles. The fraction of sp³-hybridized carbons (Fsp3) is 0.538. The zero-order valence-electron chi connectivity index (χ0n) is 9.54. The lowest BCUT2D eigenvalue weighted by Gasteiger charge is -2.18. The van der Waals surface area contributed by atoms with Gasteiger partial charge in [-0.25, -0.2) is 0 Å². The van der Waals surface area contributed by atoms with Gasteiger partial charge in [0.2, 0.25) is 0 Å². The molecule has 1 aromatic carbocycles. The summed E-state index contributed by atoms with van der Waals surface area (Å²) in [6, 6.07) is 6.13. The van der Waals surface area contributed by atoms with E-state index in [0.29, 0.717) is 21.7 Å². The molecule has 0 bridgehead atoms. The van der Waals surface area contributed by atoms with Crippen molar-refractivity contribution in [1.29, 1.82) is 0 Å². The normalized spacial score (nSPS) is 29.4. The Morgan fingerprint density at radius 3 is 2.69 bits per heavy atom. The summed E-state index contributed by atoms with van der Waals surface area (Å²) >= 11 is 9.77. The van der Waals surface area contributed by atoms with Gasteiger partial charge in [0.25, 0.3) is 0 Å². The highest BCUT2D eigenvalue weighted by molar-refractivity contribution is 9.09.